The molecule has 0 spiro atoms. The van der Waals surface area contributed by atoms with Crippen molar-refractivity contribution in [3.05, 3.63) is 29.8 Å². The van der Waals surface area contributed by atoms with Crippen molar-refractivity contribution in [2.45, 2.75) is 38.0 Å². The summed E-state index contributed by atoms with van der Waals surface area (Å²) in [6.07, 6.45) is 4.33. The summed E-state index contributed by atoms with van der Waals surface area (Å²) in [5.41, 5.74) is 1.24. The van der Waals surface area contributed by atoms with E-state index in [0.717, 1.165) is 57.4 Å². The van der Waals surface area contributed by atoms with E-state index < -0.39 is 0 Å². The van der Waals surface area contributed by atoms with E-state index in [9.17, 15) is 0 Å². The molecular weight excluding hydrogens is 473 g/mol. The van der Waals surface area contributed by atoms with Crippen LogP contribution in [-0.4, -0.2) is 61.8 Å². The Hall–Kier alpha value is -0.670. The minimum absolute atomic E-state index is 0. The molecular formula is C20H34IN3O2S. The smallest absolute Gasteiger partial charge is 0.194 e. The average molecular weight is 507 g/mol. The lowest BCUT2D eigenvalue weighted by atomic mass is 9.99. The molecule has 0 atom stereocenters. The molecule has 1 aliphatic rings. The fourth-order valence-electron chi connectivity index (χ4n) is 3.07. The molecule has 154 valence electrons. The number of nitrogens with one attached hydrogen (secondary N) is 1. The molecule has 1 heterocycles. The standard InChI is InChI=1S/C20H33N3O2S.HI/c1-5-21-19(22-16-20(26-4)11-13-24-14-12-20)23(3)15-17-7-9-18(10-8-17)25-6-2;/h7-10H,5-6,11-16H2,1-4H3,(H,21,22);1H. The van der Waals surface area contributed by atoms with Gasteiger partial charge in [0.2, 0.25) is 0 Å². The van der Waals surface area contributed by atoms with Gasteiger partial charge in [-0.3, -0.25) is 4.99 Å². The summed E-state index contributed by atoms with van der Waals surface area (Å²) in [7, 11) is 2.09. The molecule has 7 heteroatoms. The number of benzene rings is 1. The lowest BCUT2D eigenvalue weighted by Gasteiger charge is -2.34. The minimum atomic E-state index is 0. The number of ether oxygens (including phenoxy) is 2. The van der Waals surface area contributed by atoms with Gasteiger partial charge in [0.25, 0.3) is 0 Å². The number of rotatable bonds is 8. The van der Waals surface area contributed by atoms with Crippen molar-refractivity contribution in [1.82, 2.24) is 10.2 Å². The van der Waals surface area contributed by atoms with Gasteiger partial charge in [-0.2, -0.15) is 11.8 Å². The van der Waals surface area contributed by atoms with Gasteiger partial charge in [-0.1, -0.05) is 12.1 Å². The maximum atomic E-state index is 5.54. The zero-order valence-electron chi connectivity index (χ0n) is 17.0. The lowest BCUT2D eigenvalue weighted by molar-refractivity contribution is 0.0793. The topological polar surface area (TPSA) is 46.1 Å². The van der Waals surface area contributed by atoms with Crippen LogP contribution in [0.15, 0.2) is 29.3 Å². The molecule has 1 fully saturated rings. The van der Waals surface area contributed by atoms with Crippen molar-refractivity contribution in [2.24, 2.45) is 4.99 Å². The Balaban J connectivity index is 0.00000364. The van der Waals surface area contributed by atoms with E-state index in [0.29, 0.717) is 6.61 Å². The Bertz CT molecular complexity index is 563. The highest BCUT2D eigenvalue weighted by molar-refractivity contribution is 14.0. The second kappa shape index (κ2) is 12.7. The quantitative estimate of drug-likeness (QED) is 0.327. The molecule has 1 aromatic rings. The molecule has 2 rings (SSSR count). The summed E-state index contributed by atoms with van der Waals surface area (Å²) in [6.45, 7) is 8.99. The molecule has 1 N–H and O–H groups in total. The third-order valence-electron chi connectivity index (χ3n) is 4.70. The number of aliphatic imine (C=N–C) groups is 1. The van der Waals surface area contributed by atoms with Crippen LogP contribution in [0.2, 0.25) is 0 Å². The third kappa shape index (κ3) is 7.69. The minimum Gasteiger partial charge on any atom is -0.494 e. The largest absolute Gasteiger partial charge is 0.494 e. The van der Waals surface area contributed by atoms with Crippen molar-refractivity contribution in [3.8, 4) is 5.75 Å². The molecule has 1 saturated heterocycles. The first-order chi connectivity index (χ1) is 12.6. The summed E-state index contributed by atoms with van der Waals surface area (Å²) in [5.74, 6) is 1.88. The van der Waals surface area contributed by atoms with Crippen LogP contribution in [0, 0.1) is 0 Å². The van der Waals surface area contributed by atoms with Gasteiger partial charge in [-0.25, -0.2) is 0 Å². The Labute approximate surface area is 185 Å². The van der Waals surface area contributed by atoms with Crippen LogP contribution in [0.3, 0.4) is 0 Å². The lowest BCUT2D eigenvalue weighted by Crippen LogP contribution is -2.41. The van der Waals surface area contributed by atoms with Crippen LogP contribution in [0.1, 0.15) is 32.3 Å². The Morgan fingerprint density at radius 3 is 2.48 bits per heavy atom. The van der Waals surface area contributed by atoms with Gasteiger partial charge in [0, 0.05) is 38.1 Å². The van der Waals surface area contributed by atoms with E-state index in [2.05, 4.69) is 42.6 Å². The van der Waals surface area contributed by atoms with Crippen LogP contribution in [0.25, 0.3) is 0 Å². The van der Waals surface area contributed by atoms with Crippen LogP contribution in [0.5, 0.6) is 5.75 Å². The molecule has 0 bridgehead atoms. The number of hydrogen-bond donors (Lipinski definition) is 1. The van der Waals surface area contributed by atoms with Crippen molar-refractivity contribution >= 4 is 41.7 Å². The fraction of sp³-hybridized carbons (Fsp3) is 0.650. The first-order valence-corrected chi connectivity index (χ1v) is 10.7. The van der Waals surface area contributed by atoms with Crippen molar-refractivity contribution in [2.75, 3.05) is 46.2 Å². The average Bonchev–Trinajstić information content (AvgIpc) is 2.67. The van der Waals surface area contributed by atoms with E-state index in [1.54, 1.807) is 0 Å². The van der Waals surface area contributed by atoms with Crippen LogP contribution < -0.4 is 10.1 Å². The monoisotopic (exact) mass is 507 g/mol. The summed E-state index contributed by atoms with van der Waals surface area (Å²) in [4.78, 5) is 7.14. The molecule has 1 aliphatic heterocycles. The van der Waals surface area contributed by atoms with Gasteiger partial charge >= 0.3 is 0 Å². The zero-order valence-corrected chi connectivity index (χ0v) is 20.1. The maximum absolute atomic E-state index is 5.54. The zero-order chi connectivity index (χ0) is 18.8. The molecule has 0 amide bonds. The molecule has 0 aliphatic carbocycles. The molecule has 5 nitrogen and oxygen atoms in total. The van der Waals surface area contributed by atoms with E-state index in [4.69, 9.17) is 14.5 Å². The predicted molar refractivity (Wildman–Crippen MR) is 127 cm³/mol. The number of guanidine groups is 1. The number of nitrogens with zero attached hydrogens (tertiary/aromatic N) is 2. The maximum Gasteiger partial charge on any atom is 0.194 e. The highest BCUT2D eigenvalue weighted by Gasteiger charge is 2.31. The summed E-state index contributed by atoms with van der Waals surface area (Å²) >= 11 is 1.93. The summed E-state index contributed by atoms with van der Waals surface area (Å²) in [6, 6.07) is 8.29. The van der Waals surface area contributed by atoms with E-state index in [-0.39, 0.29) is 28.7 Å². The molecule has 0 saturated carbocycles. The Kier molecular flexibility index (Phi) is 11.5. The van der Waals surface area contributed by atoms with Crippen molar-refractivity contribution < 1.29 is 9.47 Å². The normalized spacial score (nSPS) is 16.4. The summed E-state index contributed by atoms with van der Waals surface area (Å²) in [5, 5.41) is 3.43. The van der Waals surface area contributed by atoms with E-state index >= 15 is 0 Å². The molecule has 0 radical (unpaired) electrons. The highest BCUT2D eigenvalue weighted by atomic mass is 127. The number of thioether (sulfide) groups is 1. The van der Waals surface area contributed by atoms with Gasteiger partial charge < -0.3 is 19.7 Å². The van der Waals surface area contributed by atoms with Gasteiger partial charge in [0.15, 0.2) is 5.96 Å². The first kappa shape index (κ1) is 24.4. The molecule has 0 unspecified atom stereocenters. The van der Waals surface area contributed by atoms with Crippen molar-refractivity contribution in [3.63, 3.8) is 0 Å². The molecule has 1 aromatic carbocycles. The number of halogens is 1. The predicted octanol–water partition coefficient (Wildman–Crippen LogP) is 4.01. The third-order valence-corrected chi connectivity index (χ3v) is 6.11. The van der Waals surface area contributed by atoms with Gasteiger partial charge in [-0.15, -0.1) is 24.0 Å². The highest BCUT2D eigenvalue weighted by Crippen LogP contribution is 2.34. The van der Waals surface area contributed by atoms with Crippen molar-refractivity contribution in [1.29, 1.82) is 0 Å². The van der Waals surface area contributed by atoms with Crippen LogP contribution in [-0.2, 0) is 11.3 Å². The Morgan fingerprint density at radius 1 is 1.26 bits per heavy atom. The van der Waals surface area contributed by atoms with Gasteiger partial charge in [0.05, 0.1) is 13.2 Å². The first-order valence-electron chi connectivity index (χ1n) is 9.46. The van der Waals surface area contributed by atoms with Gasteiger partial charge in [0.1, 0.15) is 5.75 Å². The summed E-state index contributed by atoms with van der Waals surface area (Å²) < 4.78 is 11.3. The van der Waals surface area contributed by atoms with E-state index in [1.807, 2.05) is 30.8 Å². The van der Waals surface area contributed by atoms with Gasteiger partial charge in [-0.05, 0) is 50.6 Å². The second-order valence-corrected chi connectivity index (χ2v) is 7.88. The number of hydrogen-bond acceptors (Lipinski definition) is 4. The molecule has 0 aromatic heterocycles. The second-order valence-electron chi connectivity index (χ2n) is 6.60. The van der Waals surface area contributed by atoms with Crippen LogP contribution in [0.4, 0.5) is 0 Å². The van der Waals surface area contributed by atoms with E-state index in [1.165, 1.54) is 5.56 Å². The van der Waals surface area contributed by atoms with Crippen LogP contribution >= 0.6 is 35.7 Å². The fourth-order valence-corrected chi connectivity index (χ4v) is 3.83. The SMILES string of the molecule is CCNC(=NCC1(SC)CCOCC1)N(C)Cc1ccc(OCC)cc1.I. The molecule has 27 heavy (non-hydrogen) atoms. The Morgan fingerprint density at radius 2 is 1.93 bits per heavy atom.